The minimum atomic E-state index is -0.264. The fourth-order valence-electron chi connectivity index (χ4n) is 2.75. The van der Waals surface area contributed by atoms with Gasteiger partial charge in [0.2, 0.25) is 0 Å². The minimum absolute atomic E-state index is 0.264. The lowest BCUT2D eigenvalue weighted by Gasteiger charge is -2.28. The third kappa shape index (κ3) is 4.47. The van der Waals surface area contributed by atoms with Crippen LogP contribution in [0.4, 0.5) is 0 Å². The van der Waals surface area contributed by atoms with Gasteiger partial charge in [0.1, 0.15) is 0 Å². The fourth-order valence-corrected chi connectivity index (χ4v) is 2.88. The van der Waals surface area contributed by atoms with Crippen LogP contribution in [-0.4, -0.2) is 13.2 Å². The van der Waals surface area contributed by atoms with E-state index >= 15 is 0 Å². The highest BCUT2D eigenvalue weighted by Crippen LogP contribution is 2.28. The first kappa shape index (κ1) is 17.2. The van der Waals surface area contributed by atoms with Crippen molar-refractivity contribution in [1.82, 2.24) is 0 Å². The maximum absolute atomic E-state index is 5.94. The summed E-state index contributed by atoms with van der Waals surface area (Å²) in [4.78, 5) is 0. The first-order valence-corrected chi connectivity index (χ1v) is 8.90. The van der Waals surface area contributed by atoms with E-state index in [-0.39, 0.29) is 6.29 Å². The Kier molecular flexibility index (Phi) is 6.08. The Morgan fingerprint density at radius 2 is 1.54 bits per heavy atom. The van der Waals surface area contributed by atoms with Crippen LogP contribution >= 0.6 is 11.6 Å². The van der Waals surface area contributed by atoms with Gasteiger partial charge in [-0.1, -0.05) is 73.5 Å². The monoisotopic (exact) mass is 342 g/mol. The molecule has 0 radical (unpaired) electrons. The van der Waals surface area contributed by atoms with Crippen molar-refractivity contribution in [2.24, 2.45) is 5.92 Å². The van der Waals surface area contributed by atoms with Gasteiger partial charge in [0.15, 0.2) is 6.29 Å². The van der Waals surface area contributed by atoms with E-state index in [1.54, 1.807) is 0 Å². The molecule has 2 aromatic carbocycles. The molecule has 0 spiro atoms. The second-order valence-electron chi connectivity index (χ2n) is 6.10. The number of rotatable bonds is 5. The first-order chi connectivity index (χ1) is 11.8. The van der Waals surface area contributed by atoms with Gasteiger partial charge >= 0.3 is 0 Å². The van der Waals surface area contributed by atoms with Crippen molar-refractivity contribution < 1.29 is 9.47 Å². The maximum atomic E-state index is 5.94. The van der Waals surface area contributed by atoms with Gasteiger partial charge in [0, 0.05) is 16.5 Å². The predicted octanol–water partition coefficient (Wildman–Crippen LogP) is 6.02. The molecule has 24 heavy (non-hydrogen) atoms. The summed E-state index contributed by atoms with van der Waals surface area (Å²) in [5.74, 6) is 0.362. The zero-order valence-electron chi connectivity index (χ0n) is 14.0. The zero-order chi connectivity index (χ0) is 16.8. The second kappa shape index (κ2) is 8.48. The maximum Gasteiger partial charge on any atom is 0.183 e. The Bertz CT molecular complexity index is 653. The number of unbranched alkanes of at least 4 members (excludes halogenated alkanes) is 1. The molecule has 2 aromatic rings. The number of allylic oxidation sites excluding steroid dienone is 1. The van der Waals surface area contributed by atoms with Crippen molar-refractivity contribution >= 4 is 11.6 Å². The number of hydrogen-bond donors (Lipinski definition) is 0. The van der Waals surface area contributed by atoms with Gasteiger partial charge in [-0.3, -0.25) is 0 Å². The highest BCUT2D eigenvalue weighted by molar-refractivity contribution is 6.30. The van der Waals surface area contributed by atoms with E-state index in [2.05, 4.69) is 43.3 Å². The van der Waals surface area contributed by atoms with Crippen LogP contribution < -0.4 is 0 Å². The summed E-state index contributed by atoms with van der Waals surface area (Å²) in [6, 6.07) is 16.2. The summed E-state index contributed by atoms with van der Waals surface area (Å²) < 4.78 is 11.8. The normalized spacial score (nSPS) is 21.2. The lowest BCUT2D eigenvalue weighted by atomic mass is 10.0. The molecule has 0 aliphatic carbocycles. The average molecular weight is 343 g/mol. The molecule has 0 N–H and O–H groups in total. The number of halogens is 1. The van der Waals surface area contributed by atoms with Crippen molar-refractivity contribution in [1.29, 1.82) is 0 Å². The first-order valence-electron chi connectivity index (χ1n) is 8.52. The van der Waals surface area contributed by atoms with E-state index < -0.39 is 0 Å². The lowest BCUT2D eigenvalue weighted by molar-refractivity contribution is -0.197. The fraction of sp³-hybridized carbons (Fsp3) is 0.333. The molecule has 1 aliphatic rings. The molecular weight excluding hydrogens is 320 g/mol. The molecule has 126 valence electrons. The van der Waals surface area contributed by atoms with Gasteiger partial charge in [0.25, 0.3) is 0 Å². The molecule has 3 heteroatoms. The quantitative estimate of drug-likeness (QED) is 0.618. The third-order valence-corrected chi connectivity index (χ3v) is 4.40. The van der Waals surface area contributed by atoms with Crippen LogP contribution in [-0.2, 0) is 9.47 Å². The van der Waals surface area contributed by atoms with Crippen LogP contribution in [0, 0.1) is 5.92 Å². The van der Waals surface area contributed by atoms with E-state index in [9.17, 15) is 0 Å². The van der Waals surface area contributed by atoms with Gasteiger partial charge < -0.3 is 9.47 Å². The van der Waals surface area contributed by atoms with Crippen molar-refractivity contribution in [3.8, 4) is 11.1 Å². The molecule has 0 aromatic heterocycles. The van der Waals surface area contributed by atoms with Gasteiger partial charge in [-0.15, -0.1) is 0 Å². The summed E-state index contributed by atoms with van der Waals surface area (Å²) in [6.45, 7) is 3.61. The van der Waals surface area contributed by atoms with E-state index in [1.165, 1.54) is 6.42 Å². The van der Waals surface area contributed by atoms with Crippen LogP contribution in [0.25, 0.3) is 11.1 Å². The Labute approximate surface area is 149 Å². The van der Waals surface area contributed by atoms with Crippen molar-refractivity contribution in [2.75, 3.05) is 13.2 Å². The summed E-state index contributed by atoms with van der Waals surface area (Å²) >= 11 is 5.94. The van der Waals surface area contributed by atoms with Crippen LogP contribution in [0.15, 0.2) is 60.7 Å². The van der Waals surface area contributed by atoms with Gasteiger partial charge in [0.05, 0.1) is 13.2 Å². The van der Waals surface area contributed by atoms with Crippen molar-refractivity contribution in [2.45, 2.75) is 26.1 Å². The van der Waals surface area contributed by atoms with E-state index in [0.29, 0.717) is 19.1 Å². The topological polar surface area (TPSA) is 18.5 Å². The molecule has 2 nitrogen and oxygen atoms in total. The minimum Gasteiger partial charge on any atom is -0.348 e. The molecule has 0 atom stereocenters. The van der Waals surface area contributed by atoms with E-state index in [4.69, 9.17) is 21.1 Å². The molecule has 1 saturated heterocycles. The van der Waals surface area contributed by atoms with Crippen LogP contribution in [0.2, 0.25) is 5.02 Å². The van der Waals surface area contributed by atoms with E-state index in [0.717, 1.165) is 28.1 Å². The SMILES string of the molecule is CCC/C=C/[C@H]1CO[C@H](c2ccc(-c3ccc(Cl)cc3)cc2)OC1. The summed E-state index contributed by atoms with van der Waals surface area (Å²) in [5.41, 5.74) is 3.37. The molecule has 3 rings (SSSR count). The summed E-state index contributed by atoms with van der Waals surface area (Å²) in [6.07, 6.45) is 6.46. The molecule has 0 bridgehead atoms. The zero-order valence-corrected chi connectivity index (χ0v) is 14.7. The van der Waals surface area contributed by atoms with E-state index in [1.807, 2.05) is 24.3 Å². The highest BCUT2D eigenvalue weighted by atomic mass is 35.5. The van der Waals surface area contributed by atoms with Gasteiger partial charge in [-0.05, 0) is 29.7 Å². The molecular formula is C21H23ClO2. The molecule has 1 aliphatic heterocycles. The van der Waals surface area contributed by atoms with Gasteiger partial charge in [-0.2, -0.15) is 0 Å². The smallest absolute Gasteiger partial charge is 0.183 e. The number of hydrogen-bond acceptors (Lipinski definition) is 2. The van der Waals surface area contributed by atoms with Crippen LogP contribution in [0.5, 0.6) is 0 Å². The molecule has 0 unspecified atom stereocenters. The molecule has 0 amide bonds. The predicted molar refractivity (Wildman–Crippen MR) is 99.1 cm³/mol. The average Bonchev–Trinajstić information content (AvgIpc) is 2.63. The summed E-state index contributed by atoms with van der Waals surface area (Å²) in [7, 11) is 0. The Morgan fingerprint density at radius 1 is 0.958 bits per heavy atom. The second-order valence-corrected chi connectivity index (χ2v) is 6.54. The Balaban J connectivity index is 1.59. The largest absolute Gasteiger partial charge is 0.348 e. The molecule has 1 heterocycles. The third-order valence-electron chi connectivity index (χ3n) is 4.15. The highest BCUT2D eigenvalue weighted by Gasteiger charge is 2.21. The molecule has 1 fully saturated rings. The Morgan fingerprint density at radius 3 is 2.12 bits per heavy atom. The lowest BCUT2D eigenvalue weighted by Crippen LogP contribution is -2.25. The Hall–Kier alpha value is -1.61. The van der Waals surface area contributed by atoms with Gasteiger partial charge in [-0.25, -0.2) is 0 Å². The van der Waals surface area contributed by atoms with Crippen molar-refractivity contribution in [3.63, 3.8) is 0 Å². The number of ether oxygens (including phenoxy) is 2. The van der Waals surface area contributed by atoms with Crippen molar-refractivity contribution in [3.05, 3.63) is 71.3 Å². The van der Waals surface area contributed by atoms with Crippen LogP contribution in [0.1, 0.15) is 31.6 Å². The summed E-state index contributed by atoms with van der Waals surface area (Å²) in [5, 5.41) is 0.752. The number of benzene rings is 2. The van der Waals surface area contributed by atoms with Crippen LogP contribution in [0.3, 0.4) is 0 Å². The molecule has 0 saturated carbocycles. The standard InChI is InChI=1S/C21H23ClO2/c1-2-3-4-5-16-14-23-21(24-15-16)19-8-6-17(7-9-19)18-10-12-20(22)13-11-18/h4-13,16,21H,2-3,14-15H2,1H3/b5-4+/t16-,21-.